The van der Waals surface area contributed by atoms with Crippen LogP contribution in [-0.4, -0.2) is 35.3 Å². The summed E-state index contributed by atoms with van der Waals surface area (Å²) in [7, 11) is 1.62. The highest BCUT2D eigenvalue weighted by atomic mass is 32.2. The third-order valence-corrected chi connectivity index (χ3v) is 4.02. The number of amides is 1. The second-order valence-electron chi connectivity index (χ2n) is 3.90. The number of thioether (sulfide) groups is 1. The van der Waals surface area contributed by atoms with E-state index in [1.54, 1.807) is 7.11 Å². The smallest absolute Gasteiger partial charge is 0.266 e. The first-order chi connectivity index (χ1) is 9.15. The van der Waals surface area contributed by atoms with Crippen LogP contribution in [0.25, 0.3) is 6.08 Å². The predicted octanol–water partition coefficient (Wildman–Crippen LogP) is 1.86. The van der Waals surface area contributed by atoms with Crippen molar-refractivity contribution in [1.82, 2.24) is 4.90 Å². The first-order valence-corrected chi connectivity index (χ1v) is 6.97. The lowest BCUT2D eigenvalue weighted by Crippen LogP contribution is -2.32. The molecule has 19 heavy (non-hydrogen) atoms. The molecule has 0 bridgehead atoms. The highest BCUT2D eigenvalue weighted by Crippen LogP contribution is 2.32. The van der Waals surface area contributed by atoms with Gasteiger partial charge in [-0.05, 0) is 23.8 Å². The van der Waals surface area contributed by atoms with E-state index in [0.29, 0.717) is 22.3 Å². The number of ether oxygens (including phenoxy) is 1. The average molecular weight is 294 g/mol. The number of hydrogen-bond acceptors (Lipinski definition) is 5. The second-order valence-corrected chi connectivity index (χ2v) is 5.57. The molecule has 0 unspecified atom stereocenters. The van der Waals surface area contributed by atoms with E-state index >= 15 is 0 Å². The van der Waals surface area contributed by atoms with Crippen LogP contribution >= 0.6 is 24.0 Å². The second kappa shape index (κ2) is 6.18. The van der Waals surface area contributed by atoms with Gasteiger partial charge in [-0.25, -0.2) is 0 Å². The maximum atomic E-state index is 12.1. The predicted molar refractivity (Wildman–Crippen MR) is 81.9 cm³/mol. The topological polar surface area (TPSA) is 55.6 Å². The number of rotatable bonds is 4. The highest BCUT2D eigenvalue weighted by Gasteiger charge is 2.31. The summed E-state index contributed by atoms with van der Waals surface area (Å²) in [5.74, 6) is 0.712. The Kier molecular flexibility index (Phi) is 4.57. The number of carbonyl (C=O) groups is 1. The Hall–Kier alpha value is -1.37. The average Bonchev–Trinajstić information content (AvgIpc) is 2.68. The number of thiocarbonyl (C=S) groups is 1. The van der Waals surface area contributed by atoms with Gasteiger partial charge < -0.3 is 10.5 Å². The molecule has 2 N–H and O–H groups in total. The zero-order valence-electron chi connectivity index (χ0n) is 10.5. The van der Waals surface area contributed by atoms with E-state index in [1.165, 1.54) is 16.7 Å². The molecule has 2 rings (SSSR count). The van der Waals surface area contributed by atoms with Crippen LogP contribution in [0.1, 0.15) is 5.56 Å². The minimum absolute atomic E-state index is 0.0729. The van der Waals surface area contributed by atoms with Crippen molar-refractivity contribution in [1.29, 1.82) is 0 Å². The van der Waals surface area contributed by atoms with Crippen LogP contribution < -0.4 is 10.5 Å². The van der Waals surface area contributed by atoms with E-state index < -0.39 is 0 Å². The summed E-state index contributed by atoms with van der Waals surface area (Å²) in [5.41, 5.74) is 6.41. The Morgan fingerprint density at radius 1 is 1.42 bits per heavy atom. The summed E-state index contributed by atoms with van der Waals surface area (Å²) in [4.78, 5) is 14.3. The Bertz CT molecular complexity index is 526. The lowest BCUT2D eigenvalue weighted by Gasteiger charge is -2.11. The molecular weight excluding hydrogens is 280 g/mol. The van der Waals surface area contributed by atoms with Crippen molar-refractivity contribution < 1.29 is 9.53 Å². The molecule has 0 spiro atoms. The molecule has 100 valence electrons. The maximum Gasteiger partial charge on any atom is 0.266 e. The molecule has 1 fully saturated rings. The fourth-order valence-electron chi connectivity index (χ4n) is 1.67. The minimum Gasteiger partial charge on any atom is -0.497 e. The SMILES string of the molecule is COc1ccc(/C=C2/SC(=S)N(CCN)C2=O)cc1. The molecule has 1 amide bonds. The number of hydrogen-bond donors (Lipinski definition) is 1. The normalized spacial score (nSPS) is 17.4. The first kappa shape index (κ1) is 14.0. The van der Waals surface area contributed by atoms with Gasteiger partial charge in [0.05, 0.1) is 12.0 Å². The number of methoxy groups -OCH3 is 1. The van der Waals surface area contributed by atoms with E-state index in [1.807, 2.05) is 30.3 Å². The molecule has 1 heterocycles. The number of carbonyl (C=O) groups excluding carboxylic acids is 1. The van der Waals surface area contributed by atoms with Crippen molar-refractivity contribution in [3.63, 3.8) is 0 Å². The van der Waals surface area contributed by atoms with Gasteiger partial charge in [0.1, 0.15) is 10.1 Å². The van der Waals surface area contributed by atoms with E-state index in [2.05, 4.69) is 0 Å². The molecule has 1 saturated heterocycles. The van der Waals surface area contributed by atoms with Crippen LogP contribution in [0.15, 0.2) is 29.2 Å². The molecule has 0 aliphatic carbocycles. The van der Waals surface area contributed by atoms with Crippen molar-refractivity contribution >= 4 is 40.3 Å². The lowest BCUT2D eigenvalue weighted by molar-refractivity contribution is -0.122. The van der Waals surface area contributed by atoms with Gasteiger partial charge in [-0.15, -0.1) is 0 Å². The molecule has 1 aromatic rings. The van der Waals surface area contributed by atoms with Crippen molar-refractivity contribution in [2.45, 2.75) is 0 Å². The van der Waals surface area contributed by atoms with Crippen LogP contribution in [0.4, 0.5) is 0 Å². The van der Waals surface area contributed by atoms with Gasteiger partial charge in [0, 0.05) is 13.1 Å². The molecule has 6 heteroatoms. The number of benzene rings is 1. The van der Waals surface area contributed by atoms with Gasteiger partial charge in [-0.3, -0.25) is 9.69 Å². The zero-order chi connectivity index (χ0) is 13.8. The Morgan fingerprint density at radius 3 is 2.68 bits per heavy atom. The summed E-state index contributed by atoms with van der Waals surface area (Å²) in [6.45, 7) is 0.868. The van der Waals surface area contributed by atoms with Gasteiger partial charge in [0.15, 0.2) is 0 Å². The van der Waals surface area contributed by atoms with Gasteiger partial charge in [-0.1, -0.05) is 36.1 Å². The van der Waals surface area contributed by atoms with Gasteiger partial charge in [-0.2, -0.15) is 0 Å². The molecule has 4 nitrogen and oxygen atoms in total. The minimum atomic E-state index is -0.0729. The summed E-state index contributed by atoms with van der Waals surface area (Å²) in [5, 5.41) is 0. The Balaban J connectivity index is 2.19. The molecule has 0 saturated carbocycles. The molecular formula is C13H14N2O2S2. The van der Waals surface area contributed by atoms with Crippen molar-refractivity contribution in [3.05, 3.63) is 34.7 Å². The van der Waals surface area contributed by atoms with Crippen molar-refractivity contribution in [2.24, 2.45) is 5.73 Å². The molecule has 1 aromatic carbocycles. The van der Waals surface area contributed by atoms with Crippen LogP contribution in [0.5, 0.6) is 5.75 Å². The molecule has 0 radical (unpaired) electrons. The van der Waals surface area contributed by atoms with Gasteiger partial charge >= 0.3 is 0 Å². The maximum absolute atomic E-state index is 12.1. The zero-order valence-corrected chi connectivity index (χ0v) is 12.1. The Morgan fingerprint density at radius 2 is 2.11 bits per heavy atom. The fraction of sp³-hybridized carbons (Fsp3) is 0.231. The number of nitrogens with two attached hydrogens (primary N) is 1. The third kappa shape index (κ3) is 3.15. The standard InChI is InChI=1S/C13H14N2O2S2/c1-17-10-4-2-9(3-5-10)8-11-12(16)15(7-6-14)13(18)19-11/h2-5,8H,6-7,14H2,1H3/b11-8+. The van der Waals surface area contributed by atoms with Gasteiger partial charge in [0.2, 0.25) is 0 Å². The molecule has 0 atom stereocenters. The van der Waals surface area contributed by atoms with Crippen LogP contribution in [0.3, 0.4) is 0 Å². The first-order valence-electron chi connectivity index (χ1n) is 5.75. The third-order valence-electron chi connectivity index (χ3n) is 2.64. The monoisotopic (exact) mass is 294 g/mol. The molecule has 1 aliphatic heterocycles. The van der Waals surface area contributed by atoms with E-state index in [-0.39, 0.29) is 5.91 Å². The van der Waals surface area contributed by atoms with E-state index in [4.69, 9.17) is 22.7 Å². The van der Waals surface area contributed by atoms with E-state index in [0.717, 1.165) is 11.3 Å². The molecule has 1 aliphatic rings. The number of nitrogens with zero attached hydrogens (tertiary/aromatic N) is 1. The summed E-state index contributed by atoms with van der Waals surface area (Å²) >= 11 is 6.48. The largest absolute Gasteiger partial charge is 0.497 e. The quantitative estimate of drug-likeness (QED) is 0.678. The lowest BCUT2D eigenvalue weighted by atomic mass is 10.2. The van der Waals surface area contributed by atoms with Crippen LogP contribution in [-0.2, 0) is 4.79 Å². The summed E-state index contributed by atoms with van der Waals surface area (Å²) in [6, 6.07) is 7.50. The fourth-order valence-corrected chi connectivity index (χ4v) is 2.98. The van der Waals surface area contributed by atoms with Crippen LogP contribution in [0, 0.1) is 0 Å². The summed E-state index contributed by atoms with van der Waals surface area (Å²) in [6.07, 6.45) is 1.83. The Labute approximate surface area is 121 Å². The highest BCUT2D eigenvalue weighted by molar-refractivity contribution is 8.26. The molecule has 0 aromatic heterocycles. The van der Waals surface area contributed by atoms with Gasteiger partial charge in [0.25, 0.3) is 5.91 Å². The van der Waals surface area contributed by atoms with Crippen LogP contribution in [0.2, 0.25) is 0 Å². The van der Waals surface area contributed by atoms with Crippen molar-refractivity contribution in [3.8, 4) is 5.75 Å². The summed E-state index contributed by atoms with van der Waals surface area (Å²) < 4.78 is 5.66. The van der Waals surface area contributed by atoms with E-state index in [9.17, 15) is 4.79 Å². The van der Waals surface area contributed by atoms with Crippen molar-refractivity contribution in [2.75, 3.05) is 20.2 Å².